The predicted octanol–water partition coefficient (Wildman–Crippen LogP) is 6.88. The summed E-state index contributed by atoms with van der Waals surface area (Å²) in [5.41, 5.74) is 0. The van der Waals surface area contributed by atoms with Gasteiger partial charge in [-0.15, -0.1) is 0 Å². The van der Waals surface area contributed by atoms with Crippen LogP contribution < -0.4 is 0 Å². The summed E-state index contributed by atoms with van der Waals surface area (Å²) in [6.45, 7) is 28.3. The van der Waals surface area contributed by atoms with Crippen LogP contribution in [0, 0.1) is 0 Å². The molecule has 29 heavy (non-hydrogen) atoms. The molecule has 0 radical (unpaired) electrons. The van der Waals surface area contributed by atoms with Gasteiger partial charge in [-0.2, -0.15) is 0 Å². The van der Waals surface area contributed by atoms with Crippen LogP contribution in [0.25, 0.3) is 0 Å². The van der Waals surface area contributed by atoms with E-state index in [1.54, 1.807) is 0 Å². The van der Waals surface area contributed by atoms with Crippen molar-refractivity contribution in [2.24, 2.45) is 0 Å². The Morgan fingerprint density at radius 1 is 0.379 bits per heavy atom. The van der Waals surface area contributed by atoms with Crippen LogP contribution in [0.4, 0.5) is 0 Å². The Labute approximate surface area is 185 Å². The molecule has 0 aliphatic heterocycles. The molecule has 0 aromatic carbocycles. The average molecular weight is 433 g/mol. The molecule has 0 aromatic heterocycles. The second-order valence-corrected chi connectivity index (χ2v) is 12.0. The van der Waals surface area contributed by atoms with Gasteiger partial charge in [0.2, 0.25) is 0 Å². The maximum atomic E-state index is 3.01. The average Bonchev–Trinajstić information content (AvgIpc) is 2.74. The van der Waals surface area contributed by atoms with Crippen molar-refractivity contribution in [2.75, 3.05) is 52.4 Å². The van der Waals surface area contributed by atoms with Crippen molar-refractivity contribution < 1.29 is 0 Å². The van der Waals surface area contributed by atoms with Crippen molar-refractivity contribution >= 4 is 7.87 Å². The van der Waals surface area contributed by atoms with Gasteiger partial charge in [-0.3, -0.25) is 0 Å². The van der Waals surface area contributed by atoms with Crippen molar-refractivity contribution in [2.45, 2.75) is 107 Å². The van der Waals surface area contributed by atoms with Gasteiger partial charge in [-0.25, -0.2) is 0 Å². The SMILES string of the molecule is CCCCCCN(CCCCCC)[PH](N(CC)CC)(N(CC)CC)N(CC)CC. The van der Waals surface area contributed by atoms with Crippen LogP contribution in [0.5, 0.6) is 0 Å². The molecule has 0 N–H and O–H groups in total. The van der Waals surface area contributed by atoms with E-state index >= 15 is 0 Å². The molecule has 5 heteroatoms. The summed E-state index contributed by atoms with van der Waals surface area (Å²) < 4.78 is 11.6. The Morgan fingerprint density at radius 3 is 0.931 bits per heavy atom. The van der Waals surface area contributed by atoms with Crippen LogP contribution in [0.2, 0.25) is 0 Å². The van der Waals surface area contributed by atoms with Gasteiger partial charge < -0.3 is 0 Å². The first-order valence-electron chi connectivity index (χ1n) is 13.1. The molecule has 0 aliphatic rings. The Hall–Kier alpha value is 0.270. The fourth-order valence-corrected chi connectivity index (χ4v) is 10.9. The topological polar surface area (TPSA) is 13.0 Å². The first-order chi connectivity index (χ1) is 14.1. The van der Waals surface area contributed by atoms with E-state index < -0.39 is 7.87 Å². The molecule has 0 fully saturated rings. The molecule has 0 saturated heterocycles. The van der Waals surface area contributed by atoms with E-state index in [1.807, 2.05) is 0 Å². The van der Waals surface area contributed by atoms with Crippen LogP contribution in [0.3, 0.4) is 0 Å². The summed E-state index contributed by atoms with van der Waals surface area (Å²) in [6, 6.07) is 0. The monoisotopic (exact) mass is 432 g/mol. The predicted molar refractivity (Wildman–Crippen MR) is 137 cm³/mol. The summed E-state index contributed by atoms with van der Waals surface area (Å²) >= 11 is 0. The maximum absolute atomic E-state index is 3.01. The quantitative estimate of drug-likeness (QED) is 0.153. The second kappa shape index (κ2) is 17.9. The summed E-state index contributed by atoms with van der Waals surface area (Å²) in [6.07, 6.45) is 10.8. The van der Waals surface area contributed by atoms with E-state index in [9.17, 15) is 0 Å². The number of nitrogens with zero attached hydrogens (tertiary/aromatic N) is 4. The van der Waals surface area contributed by atoms with Gasteiger partial charge in [0.25, 0.3) is 0 Å². The van der Waals surface area contributed by atoms with E-state index in [2.05, 4.69) is 74.1 Å². The van der Waals surface area contributed by atoms with Gasteiger partial charge in [0, 0.05) is 0 Å². The standard InChI is InChI=1S/C24H57N4P/c1-9-17-19-21-23-28(24-22-20-18-10-2)29(25(11-3)12-4,26(13-5)14-6)27(15-7)16-8/h29H,9-24H2,1-8H3. The summed E-state index contributed by atoms with van der Waals surface area (Å²) in [4.78, 5) is 0. The zero-order chi connectivity index (χ0) is 22.1. The van der Waals surface area contributed by atoms with Gasteiger partial charge in [-0.1, -0.05) is 0 Å². The molecular weight excluding hydrogens is 375 g/mol. The Bertz CT molecular complexity index is 312. The molecule has 0 bridgehead atoms. The molecule has 0 rings (SSSR count). The Balaban J connectivity index is 6.13. The normalized spacial score (nSPS) is 13.4. The first-order valence-corrected chi connectivity index (χ1v) is 14.9. The third kappa shape index (κ3) is 8.37. The third-order valence-electron chi connectivity index (χ3n) is 6.55. The molecule has 0 heterocycles. The van der Waals surface area contributed by atoms with Gasteiger partial charge >= 0.3 is 186 Å². The molecule has 0 aromatic rings. The van der Waals surface area contributed by atoms with Crippen LogP contribution in [-0.4, -0.2) is 71.0 Å². The van der Waals surface area contributed by atoms with Gasteiger partial charge in [0.1, 0.15) is 0 Å². The second-order valence-electron chi connectivity index (χ2n) is 8.23. The van der Waals surface area contributed by atoms with Crippen LogP contribution in [0.15, 0.2) is 0 Å². The van der Waals surface area contributed by atoms with Crippen molar-refractivity contribution in [3.05, 3.63) is 0 Å². The number of hydrogen-bond donors (Lipinski definition) is 0. The number of rotatable bonds is 20. The minimum absolute atomic E-state index is 1.15. The first kappa shape index (κ1) is 29.3. The molecule has 0 aliphatic carbocycles. The summed E-state index contributed by atoms with van der Waals surface area (Å²) in [7, 11) is -2.10. The van der Waals surface area contributed by atoms with Crippen LogP contribution in [-0.2, 0) is 0 Å². The number of hydrogen-bond acceptors (Lipinski definition) is 4. The van der Waals surface area contributed by atoms with Gasteiger partial charge in [0.05, 0.1) is 0 Å². The molecular formula is C24H57N4P. The zero-order valence-corrected chi connectivity index (χ0v) is 22.6. The fraction of sp³-hybridized carbons (Fsp3) is 1.00. The van der Waals surface area contributed by atoms with Crippen molar-refractivity contribution in [1.29, 1.82) is 0 Å². The van der Waals surface area contributed by atoms with Crippen LogP contribution >= 0.6 is 7.87 Å². The van der Waals surface area contributed by atoms with E-state index in [0.717, 1.165) is 39.3 Å². The molecule has 0 spiro atoms. The van der Waals surface area contributed by atoms with Gasteiger partial charge in [0.15, 0.2) is 0 Å². The molecule has 4 nitrogen and oxygen atoms in total. The molecule has 0 unspecified atom stereocenters. The van der Waals surface area contributed by atoms with Crippen LogP contribution in [0.1, 0.15) is 107 Å². The minimum atomic E-state index is -2.10. The Kier molecular flexibility index (Phi) is 18.1. The number of unbranched alkanes of at least 4 members (excludes halogenated alkanes) is 6. The van der Waals surface area contributed by atoms with Crippen molar-refractivity contribution in [3.63, 3.8) is 0 Å². The Morgan fingerprint density at radius 2 is 0.690 bits per heavy atom. The van der Waals surface area contributed by atoms with Crippen molar-refractivity contribution in [1.82, 2.24) is 18.7 Å². The van der Waals surface area contributed by atoms with Crippen molar-refractivity contribution in [3.8, 4) is 0 Å². The van der Waals surface area contributed by atoms with Gasteiger partial charge in [-0.05, 0) is 0 Å². The van der Waals surface area contributed by atoms with E-state index in [1.165, 1.54) is 64.5 Å². The molecule has 178 valence electrons. The molecule has 0 atom stereocenters. The molecule has 0 amide bonds. The van der Waals surface area contributed by atoms with E-state index in [4.69, 9.17) is 0 Å². The van der Waals surface area contributed by atoms with E-state index in [0.29, 0.717) is 0 Å². The summed E-state index contributed by atoms with van der Waals surface area (Å²) in [5.74, 6) is 0. The third-order valence-corrected chi connectivity index (χ3v) is 12.3. The fourth-order valence-electron chi connectivity index (χ4n) is 5.01. The van der Waals surface area contributed by atoms with E-state index in [-0.39, 0.29) is 0 Å². The zero-order valence-electron chi connectivity index (χ0n) is 21.6. The molecule has 0 saturated carbocycles. The summed E-state index contributed by atoms with van der Waals surface area (Å²) in [5, 5.41) is 0.